The zero-order chi connectivity index (χ0) is 17.3. The van der Waals surface area contributed by atoms with Crippen LogP contribution in [0.15, 0.2) is 40.9 Å². The monoisotopic (exact) mass is 444 g/mol. The van der Waals surface area contributed by atoms with Gasteiger partial charge in [0.15, 0.2) is 0 Å². The maximum absolute atomic E-state index is 12.4. The number of hydrogen-bond acceptors (Lipinski definition) is 4. The molecular formula is C17H11BrCl2O3S. The van der Waals surface area contributed by atoms with Gasteiger partial charge in [-0.15, -0.1) is 11.3 Å². The Balaban J connectivity index is 1.85. The average molecular weight is 446 g/mol. The fourth-order valence-corrected chi connectivity index (χ4v) is 4.21. The minimum Gasteiger partial charge on any atom is -0.495 e. The molecule has 0 aliphatic carbocycles. The standard InChI is InChI=1S/C17H11BrCl2O3S/c1-22-12-7-6-11-13(19)16(24-15(11)14(12)20)17(21)23-8-9-2-4-10(18)5-3-9/h2-7H,8H2,1H3. The number of methoxy groups -OCH3 is 1. The van der Waals surface area contributed by atoms with Crippen molar-refractivity contribution in [2.45, 2.75) is 6.61 Å². The molecule has 3 nitrogen and oxygen atoms in total. The summed E-state index contributed by atoms with van der Waals surface area (Å²) in [5, 5.41) is 1.50. The molecule has 0 unspecified atom stereocenters. The van der Waals surface area contributed by atoms with Gasteiger partial charge in [0, 0.05) is 9.86 Å². The first kappa shape index (κ1) is 17.5. The van der Waals surface area contributed by atoms with E-state index in [4.69, 9.17) is 32.7 Å². The summed E-state index contributed by atoms with van der Waals surface area (Å²) in [4.78, 5) is 12.7. The molecule has 0 amide bonds. The summed E-state index contributed by atoms with van der Waals surface area (Å²) in [5.74, 6) is 0.0658. The van der Waals surface area contributed by atoms with Crippen LogP contribution in [0.3, 0.4) is 0 Å². The molecule has 0 saturated heterocycles. The Morgan fingerprint density at radius 2 is 1.83 bits per heavy atom. The minimum atomic E-state index is -0.473. The fraction of sp³-hybridized carbons (Fsp3) is 0.118. The lowest BCUT2D eigenvalue weighted by Gasteiger charge is -2.04. The quantitative estimate of drug-likeness (QED) is 0.439. The topological polar surface area (TPSA) is 35.5 Å². The Morgan fingerprint density at radius 3 is 2.50 bits per heavy atom. The first-order valence-corrected chi connectivity index (χ1v) is 9.24. The highest BCUT2D eigenvalue weighted by atomic mass is 79.9. The van der Waals surface area contributed by atoms with Crippen LogP contribution >= 0.6 is 50.5 Å². The van der Waals surface area contributed by atoms with Crippen molar-refractivity contribution in [3.05, 3.63) is 61.4 Å². The molecule has 0 saturated carbocycles. The van der Waals surface area contributed by atoms with Crippen molar-refractivity contribution in [1.82, 2.24) is 0 Å². The number of hydrogen-bond donors (Lipinski definition) is 0. The Hall–Kier alpha value is -1.27. The number of esters is 1. The van der Waals surface area contributed by atoms with Crippen LogP contribution in [0.1, 0.15) is 15.2 Å². The van der Waals surface area contributed by atoms with Crippen molar-refractivity contribution in [2.75, 3.05) is 7.11 Å². The predicted octanol–water partition coefficient (Wildman–Crippen LogP) is 6.34. The van der Waals surface area contributed by atoms with Gasteiger partial charge < -0.3 is 9.47 Å². The molecule has 1 heterocycles. The van der Waals surface area contributed by atoms with Crippen LogP contribution in [0, 0.1) is 0 Å². The summed E-state index contributed by atoms with van der Waals surface area (Å²) in [5.41, 5.74) is 0.892. The highest BCUT2D eigenvalue weighted by Crippen LogP contribution is 2.43. The van der Waals surface area contributed by atoms with Gasteiger partial charge in [-0.3, -0.25) is 0 Å². The largest absolute Gasteiger partial charge is 0.495 e. The molecule has 0 fully saturated rings. The van der Waals surface area contributed by atoms with E-state index in [-0.39, 0.29) is 6.61 Å². The maximum Gasteiger partial charge on any atom is 0.350 e. The zero-order valence-corrected chi connectivity index (χ0v) is 16.4. The molecule has 0 aliphatic heterocycles. The lowest BCUT2D eigenvalue weighted by atomic mass is 10.2. The SMILES string of the molecule is COc1ccc2c(Cl)c(C(=O)OCc3ccc(Br)cc3)sc2c1Cl. The zero-order valence-electron chi connectivity index (χ0n) is 12.4. The lowest BCUT2D eigenvalue weighted by Crippen LogP contribution is -2.03. The summed E-state index contributed by atoms with van der Waals surface area (Å²) in [7, 11) is 1.54. The van der Waals surface area contributed by atoms with Crippen molar-refractivity contribution in [3.63, 3.8) is 0 Å². The van der Waals surface area contributed by atoms with E-state index in [1.54, 1.807) is 12.1 Å². The molecule has 3 aromatic rings. The van der Waals surface area contributed by atoms with Crippen molar-refractivity contribution in [1.29, 1.82) is 0 Å². The van der Waals surface area contributed by atoms with Gasteiger partial charge in [-0.2, -0.15) is 0 Å². The van der Waals surface area contributed by atoms with Crippen LogP contribution in [-0.4, -0.2) is 13.1 Å². The van der Waals surface area contributed by atoms with Crippen LogP contribution in [0.4, 0.5) is 0 Å². The summed E-state index contributed by atoms with van der Waals surface area (Å²) in [6.07, 6.45) is 0. The van der Waals surface area contributed by atoms with Gasteiger partial charge in [-0.1, -0.05) is 51.3 Å². The van der Waals surface area contributed by atoms with Gasteiger partial charge in [0.2, 0.25) is 0 Å². The van der Waals surface area contributed by atoms with E-state index >= 15 is 0 Å². The molecule has 124 valence electrons. The number of fused-ring (bicyclic) bond motifs is 1. The van der Waals surface area contributed by atoms with Gasteiger partial charge in [-0.05, 0) is 29.8 Å². The predicted molar refractivity (Wildman–Crippen MR) is 102 cm³/mol. The van der Waals surface area contributed by atoms with E-state index < -0.39 is 5.97 Å². The number of rotatable bonds is 4. The summed E-state index contributed by atoms with van der Waals surface area (Å²) >= 11 is 17.2. The second-order valence-electron chi connectivity index (χ2n) is 4.91. The van der Waals surface area contributed by atoms with Gasteiger partial charge >= 0.3 is 5.97 Å². The van der Waals surface area contributed by atoms with Crippen LogP contribution in [-0.2, 0) is 11.3 Å². The van der Waals surface area contributed by atoms with Crippen molar-refractivity contribution < 1.29 is 14.3 Å². The molecule has 0 spiro atoms. The van der Waals surface area contributed by atoms with E-state index in [9.17, 15) is 4.79 Å². The van der Waals surface area contributed by atoms with Crippen molar-refractivity contribution in [3.8, 4) is 5.75 Å². The second-order valence-corrected chi connectivity index (χ2v) is 7.60. The maximum atomic E-state index is 12.4. The number of thiophene rings is 1. The molecule has 7 heteroatoms. The molecule has 24 heavy (non-hydrogen) atoms. The van der Waals surface area contributed by atoms with Crippen molar-refractivity contribution in [2.24, 2.45) is 0 Å². The van der Waals surface area contributed by atoms with Crippen LogP contribution < -0.4 is 4.74 Å². The third-order valence-electron chi connectivity index (χ3n) is 3.39. The first-order valence-electron chi connectivity index (χ1n) is 6.87. The Bertz CT molecular complexity index is 906. The van der Waals surface area contributed by atoms with Gasteiger partial charge in [-0.25, -0.2) is 4.79 Å². The van der Waals surface area contributed by atoms with Crippen LogP contribution in [0.25, 0.3) is 10.1 Å². The van der Waals surface area contributed by atoms with E-state index in [1.165, 1.54) is 18.4 Å². The molecule has 0 radical (unpaired) electrons. The highest BCUT2D eigenvalue weighted by molar-refractivity contribution is 9.10. The Labute approximate surface area is 161 Å². The molecule has 0 atom stereocenters. The molecule has 1 aromatic heterocycles. The van der Waals surface area contributed by atoms with E-state index in [0.29, 0.717) is 30.8 Å². The molecular weight excluding hydrogens is 435 g/mol. The minimum absolute atomic E-state index is 0.174. The first-order chi connectivity index (χ1) is 11.5. The smallest absolute Gasteiger partial charge is 0.350 e. The lowest BCUT2D eigenvalue weighted by molar-refractivity contribution is 0.0479. The fourth-order valence-electron chi connectivity index (χ4n) is 2.16. The normalized spacial score (nSPS) is 10.8. The number of carbonyl (C=O) groups excluding carboxylic acids is 1. The third-order valence-corrected chi connectivity index (χ3v) is 6.11. The van der Waals surface area contributed by atoms with Gasteiger partial charge in [0.25, 0.3) is 0 Å². The third kappa shape index (κ3) is 3.40. The van der Waals surface area contributed by atoms with E-state index in [0.717, 1.165) is 10.0 Å². The van der Waals surface area contributed by atoms with Crippen molar-refractivity contribution >= 4 is 66.5 Å². The Kier molecular flexibility index (Phi) is 5.35. The summed E-state index contributed by atoms with van der Waals surface area (Å²) < 4.78 is 12.2. The van der Waals surface area contributed by atoms with Crippen LogP contribution in [0.5, 0.6) is 5.75 Å². The summed E-state index contributed by atoms with van der Waals surface area (Å²) in [6.45, 7) is 0.174. The second kappa shape index (κ2) is 7.31. The highest BCUT2D eigenvalue weighted by Gasteiger charge is 2.21. The molecule has 2 aromatic carbocycles. The Morgan fingerprint density at radius 1 is 1.12 bits per heavy atom. The number of benzene rings is 2. The number of halogens is 3. The number of carbonyl (C=O) groups is 1. The molecule has 3 rings (SSSR count). The molecule has 0 bridgehead atoms. The van der Waals surface area contributed by atoms with Crippen LogP contribution in [0.2, 0.25) is 10.0 Å². The number of ether oxygens (including phenoxy) is 2. The molecule has 0 aliphatic rings. The van der Waals surface area contributed by atoms with Gasteiger partial charge in [0.1, 0.15) is 22.3 Å². The average Bonchev–Trinajstić information content (AvgIpc) is 2.92. The van der Waals surface area contributed by atoms with E-state index in [1.807, 2.05) is 24.3 Å². The van der Waals surface area contributed by atoms with Gasteiger partial charge in [0.05, 0.1) is 16.8 Å². The molecule has 0 N–H and O–H groups in total. The van der Waals surface area contributed by atoms with E-state index in [2.05, 4.69) is 15.9 Å². The summed E-state index contributed by atoms with van der Waals surface area (Å²) in [6, 6.07) is 11.0.